The average molecular weight is 305 g/mol. The molecule has 1 aromatic carbocycles. The van der Waals surface area contributed by atoms with Crippen molar-refractivity contribution in [1.82, 2.24) is 4.98 Å². The van der Waals surface area contributed by atoms with Gasteiger partial charge in [-0.1, -0.05) is 12.1 Å². The van der Waals surface area contributed by atoms with Crippen molar-refractivity contribution < 1.29 is 9.84 Å². The molecule has 0 aliphatic carbocycles. The van der Waals surface area contributed by atoms with E-state index in [1.807, 2.05) is 6.92 Å². The summed E-state index contributed by atoms with van der Waals surface area (Å²) in [6.07, 6.45) is 0.759. The van der Waals surface area contributed by atoms with Crippen LogP contribution in [0.5, 0.6) is 5.75 Å². The highest BCUT2D eigenvalue weighted by Crippen LogP contribution is 2.29. The summed E-state index contributed by atoms with van der Waals surface area (Å²) < 4.78 is 5.86. The van der Waals surface area contributed by atoms with Gasteiger partial charge in [-0.15, -0.1) is 11.3 Å². The van der Waals surface area contributed by atoms with Gasteiger partial charge in [0.25, 0.3) is 0 Å². The van der Waals surface area contributed by atoms with Crippen LogP contribution in [0.25, 0.3) is 0 Å². The normalized spacial score (nSPS) is 11.7. The van der Waals surface area contributed by atoms with Crippen LogP contribution in [-0.2, 0) is 12.0 Å². The van der Waals surface area contributed by atoms with Crippen molar-refractivity contribution in [3.63, 3.8) is 0 Å². The molecule has 1 aromatic heterocycles. The SMILES string of the molecule is Cc1ccc(C)c(OCCc2nc(C)c(C(C)(C)O)s2)c1. The first-order valence-corrected chi connectivity index (χ1v) is 7.98. The van der Waals surface area contributed by atoms with Gasteiger partial charge in [0.1, 0.15) is 5.75 Å². The second-order valence-electron chi connectivity index (χ2n) is 5.95. The van der Waals surface area contributed by atoms with Gasteiger partial charge >= 0.3 is 0 Å². The van der Waals surface area contributed by atoms with Crippen LogP contribution in [0, 0.1) is 20.8 Å². The molecule has 0 saturated carbocycles. The molecular weight excluding hydrogens is 282 g/mol. The van der Waals surface area contributed by atoms with Crippen molar-refractivity contribution in [2.24, 2.45) is 0 Å². The summed E-state index contributed by atoms with van der Waals surface area (Å²) in [5.41, 5.74) is 2.43. The molecule has 0 unspecified atom stereocenters. The molecular formula is C17H23NO2S. The molecule has 0 amide bonds. The Morgan fingerprint density at radius 1 is 1.24 bits per heavy atom. The molecule has 3 nitrogen and oxygen atoms in total. The van der Waals surface area contributed by atoms with E-state index < -0.39 is 5.60 Å². The van der Waals surface area contributed by atoms with Gasteiger partial charge in [-0.05, 0) is 51.8 Å². The van der Waals surface area contributed by atoms with Crippen LogP contribution in [-0.4, -0.2) is 16.7 Å². The zero-order chi connectivity index (χ0) is 15.6. The number of ether oxygens (including phenoxy) is 1. The van der Waals surface area contributed by atoms with Crippen LogP contribution in [0.2, 0.25) is 0 Å². The highest BCUT2D eigenvalue weighted by atomic mass is 32.1. The van der Waals surface area contributed by atoms with E-state index in [1.54, 1.807) is 25.2 Å². The standard InChI is InChI=1S/C17H23NO2S/c1-11-6-7-12(2)14(10-11)20-9-8-15-18-13(3)16(21-15)17(4,5)19/h6-7,10,19H,8-9H2,1-5H3. The second kappa shape index (κ2) is 6.16. The molecule has 2 rings (SSSR count). The van der Waals surface area contributed by atoms with Gasteiger partial charge in [-0.2, -0.15) is 0 Å². The number of aryl methyl sites for hydroxylation is 3. The molecule has 21 heavy (non-hydrogen) atoms. The summed E-state index contributed by atoms with van der Waals surface area (Å²) in [6.45, 7) is 10.2. The molecule has 0 bridgehead atoms. The minimum absolute atomic E-state index is 0.600. The summed E-state index contributed by atoms with van der Waals surface area (Å²) in [7, 11) is 0. The summed E-state index contributed by atoms with van der Waals surface area (Å²) in [5, 5.41) is 11.1. The van der Waals surface area contributed by atoms with Gasteiger partial charge in [0, 0.05) is 6.42 Å². The molecule has 114 valence electrons. The lowest BCUT2D eigenvalue weighted by atomic mass is 10.1. The number of thiazole rings is 1. The monoisotopic (exact) mass is 305 g/mol. The largest absolute Gasteiger partial charge is 0.493 e. The van der Waals surface area contributed by atoms with E-state index in [2.05, 4.69) is 37.0 Å². The van der Waals surface area contributed by atoms with Crippen molar-refractivity contribution in [3.05, 3.63) is 44.9 Å². The third-order valence-corrected chi connectivity index (χ3v) is 4.84. The molecule has 0 atom stereocenters. The fourth-order valence-electron chi connectivity index (χ4n) is 2.24. The molecule has 0 aliphatic rings. The zero-order valence-corrected chi connectivity index (χ0v) is 14.2. The van der Waals surface area contributed by atoms with Crippen molar-refractivity contribution in [2.45, 2.75) is 46.6 Å². The lowest BCUT2D eigenvalue weighted by Gasteiger charge is -2.15. The number of aliphatic hydroxyl groups is 1. The van der Waals surface area contributed by atoms with E-state index >= 15 is 0 Å². The first-order chi connectivity index (χ1) is 9.77. The Morgan fingerprint density at radius 2 is 1.95 bits per heavy atom. The van der Waals surface area contributed by atoms with Crippen LogP contribution in [0.15, 0.2) is 18.2 Å². The van der Waals surface area contributed by atoms with Crippen LogP contribution < -0.4 is 4.74 Å². The average Bonchev–Trinajstić information content (AvgIpc) is 2.75. The molecule has 4 heteroatoms. The minimum atomic E-state index is -0.825. The van der Waals surface area contributed by atoms with Gasteiger partial charge < -0.3 is 9.84 Å². The first-order valence-electron chi connectivity index (χ1n) is 7.16. The molecule has 0 spiro atoms. The van der Waals surface area contributed by atoms with E-state index in [4.69, 9.17) is 4.74 Å². The molecule has 0 fully saturated rings. The fourth-order valence-corrected chi connectivity index (χ4v) is 3.28. The molecule has 1 heterocycles. The molecule has 0 saturated heterocycles. The Morgan fingerprint density at radius 3 is 2.57 bits per heavy atom. The Labute approximate surface area is 130 Å². The number of hydrogen-bond acceptors (Lipinski definition) is 4. The maximum absolute atomic E-state index is 10.1. The molecule has 0 radical (unpaired) electrons. The van der Waals surface area contributed by atoms with Gasteiger partial charge in [-0.3, -0.25) is 0 Å². The van der Waals surface area contributed by atoms with Crippen LogP contribution in [0.4, 0.5) is 0 Å². The van der Waals surface area contributed by atoms with Gasteiger partial charge in [0.15, 0.2) is 0 Å². The zero-order valence-electron chi connectivity index (χ0n) is 13.4. The number of benzene rings is 1. The van der Waals surface area contributed by atoms with E-state index in [9.17, 15) is 5.11 Å². The fraction of sp³-hybridized carbons (Fsp3) is 0.471. The molecule has 2 aromatic rings. The van der Waals surface area contributed by atoms with E-state index in [1.165, 1.54) is 5.56 Å². The van der Waals surface area contributed by atoms with Gasteiger partial charge in [0.2, 0.25) is 0 Å². The molecule has 0 aliphatic heterocycles. The highest BCUT2D eigenvalue weighted by Gasteiger charge is 2.22. The van der Waals surface area contributed by atoms with Crippen molar-refractivity contribution >= 4 is 11.3 Å². The van der Waals surface area contributed by atoms with Crippen molar-refractivity contribution in [2.75, 3.05) is 6.61 Å². The minimum Gasteiger partial charge on any atom is -0.493 e. The predicted molar refractivity (Wildman–Crippen MR) is 87.2 cm³/mol. The highest BCUT2D eigenvalue weighted by molar-refractivity contribution is 7.11. The predicted octanol–water partition coefficient (Wildman–Crippen LogP) is 3.92. The summed E-state index contributed by atoms with van der Waals surface area (Å²) in [4.78, 5) is 5.46. The third kappa shape index (κ3) is 4.05. The Kier molecular flexibility index (Phi) is 4.69. The summed E-state index contributed by atoms with van der Waals surface area (Å²) >= 11 is 1.57. The summed E-state index contributed by atoms with van der Waals surface area (Å²) in [6, 6.07) is 6.22. The topological polar surface area (TPSA) is 42.4 Å². The Balaban J connectivity index is 1.99. The van der Waals surface area contributed by atoms with Crippen molar-refractivity contribution in [3.8, 4) is 5.75 Å². The summed E-state index contributed by atoms with van der Waals surface area (Å²) in [5.74, 6) is 0.936. The second-order valence-corrected chi connectivity index (χ2v) is 7.03. The van der Waals surface area contributed by atoms with E-state index in [0.717, 1.165) is 33.3 Å². The van der Waals surface area contributed by atoms with Crippen LogP contribution in [0.3, 0.4) is 0 Å². The first kappa shape index (κ1) is 16.0. The van der Waals surface area contributed by atoms with Gasteiger partial charge in [-0.25, -0.2) is 4.98 Å². The third-order valence-electron chi connectivity index (χ3n) is 3.31. The van der Waals surface area contributed by atoms with Crippen molar-refractivity contribution in [1.29, 1.82) is 0 Å². The lowest BCUT2D eigenvalue weighted by Crippen LogP contribution is -2.14. The lowest BCUT2D eigenvalue weighted by molar-refractivity contribution is 0.0817. The van der Waals surface area contributed by atoms with Crippen LogP contribution in [0.1, 0.15) is 40.6 Å². The number of nitrogens with zero attached hydrogens (tertiary/aromatic N) is 1. The Hall–Kier alpha value is -1.39. The van der Waals surface area contributed by atoms with E-state index in [-0.39, 0.29) is 0 Å². The van der Waals surface area contributed by atoms with E-state index in [0.29, 0.717) is 6.61 Å². The Bertz CT molecular complexity index is 626. The van der Waals surface area contributed by atoms with Gasteiger partial charge in [0.05, 0.1) is 27.8 Å². The maximum atomic E-state index is 10.1. The number of hydrogen-bond donors (Lipinski definition) is 1. The van der Waals surface area contributed by atoms with Crippen LogP contribution >= 0.6 is 11.3 Å². The number of rotatable bonds is 5. The smallest absolute Gasteiger partial charge is 0.122 e. The quantitative estimate of drug-likeness (QED) is 0.910. The maximum Gasteiger partial charge on any atom is 0.122 e. The molecule has 1 N–H and O–H groups in total. The number of aromatic nitrogens is 1.